The van der Waals surface area contributed by atoms with Crippen LogP contribution in [0.2, 0.25) is 0 Å². The fraction of sp³-hybridized carbons (Fsp3) is 0.471. The maximum absolute atomic E-state index is 12.4. The molecule has 1 amide bonds. The molecule has 0 radical (unpaired) electrons. The Morgan fingerprint density at radius 3 is 1.95 bits per heavy atom. The number of nitrogens with one attached hydrogen (secondary N) is 1. The minimum Gasteiger partial charge on any atom is -0.359 e. The van der Waals surface area contributed by atoms with Gasteiger partial charge in [0.05, 0.1) is 5.92 Å². The van der Waals surface area contributed by atoms with Crippen molar-refractivity contribution in [2.24, 2.45) is 5.92 Å². The predicted molar refractivity (Wildman–Crippen MR) is 80.2 cm³/mol. The SMILES string of the molecule is CNC(=O)C1CC(=O)C(c2c(C)cc(C)cc2C)C(=O)C1. The van der Waals surface area contributed by atoms with Gasteiger partial charge in [0.2, 0.25) is 5.91 Å². The van der Waals surface area contributed by atoms with Crippen LogP contribution in [0.1, 0.15) is 41.0 Å². The van der Waals surface area contributed by atoms with Crippen molar-refractivity contribution in [3.63, 3.8) is 0 Å². The summed E-state index contributed by atoms with van der Waals surface area (Å²) in [6.07, 6.45) is 0.283. The van der Waals surface area contributed by atoms with Gasteiger partial charge in [0.1, 0.15) is 17.5 Å². The average Bonchev–Trinajstić information content (AvgIpc) is 2.39. The summed E-state index contributed by atoms with van der Waals surface area (Å²) in [5.41, 5.74) is 3.88. The Morgan fingerprint density at radius 2 is 1.52 bits per heavy atom. The molecule has 0 heterocycles. The second-order valence-electron chi connectivity index (χ2n) is 5.90. The molecule has 1 aliphatic carbocycles. The van der Waals surface area contributed by atoms with Gasteiger partial charge in [-0.3, -0.25) is 14.4 Å². The second kappa shape index (κ2) is 5.80. The van der Waals surface area contributed by atoms with Crippen LogP contribution < -0.4 is 5.32 Å². The number of benzene rings is 1. The smallest absolute Gasteiger partial charge is 0.223 e. The highest BCUT2D eigenvalue weighted by atomic mass is 16.2. The Balaban J connectivity index is 2.37. The summed E-state index contributed by atoms with van der Waals surface area (Å²) in [5, 5.41) is 2.52. The lowest BCUT2D eigenvalue weighted by atomic mass is 9.74. The van der Waals surface area contributed by atoms with Crippen LogP contribution in [0.5, 0.6) is 0 Å². The Bertz CT molecular complexity index is 577. The van der Waals surface area contributed by atoms with Crippen LogP contribution >= 0.6 is 0 Å². The van der Waals surface area contributed by atoms with E-state index in [2.05, 4.69) is 5.32 Å². The summed E-state index contributed by atoms with van der Waals surface area (Å²) in [6, 6.07) is 3.99. The van der Waals surface area contributed by atoms with Gasteiger partial charge in [0, 0.05) is 19.9 Å². The van der Waals surface area contributed by atoms with Crippen molar-refractivity contribution in [2.75, 3.05) is 7.05 Å². The number of amides is 1. The molecule has 1 saturated carbocycles. The van der Waals surface area contributed by atoms with Gasteiger partial charge in [-0.25, -0.2) is 0 Å². The van der Waals surface area contributed by atoms with E-state index in [-0.39, 0.29) is 30.3 Å². The number of aryl methyl sites for hydroxylation is 3. The first-order chi connectivity index (χ1) is 9.85. The Labute approximate surface area is 124 Å². The van der Waals surface area contributed by atoms with E-state index in [1.165, 1.54) is 7.05 Å². The summed E-state index contributed by atoms with van der Waals surface area (Å²) in [6.45, 7) is 5.86. The van der Waals surface area contributed by atoms with Gasteiger partial charge >= 0.3 is 0 Å². The first-order valence-corrected chi connectivity index (χ1v) is 7.20. The third-order valence-electron chi connectivity index (χ3n) is 4.18. The summed E-state index contributed by atoms with van der Waals surface area (Å²) in [5.74, 6) is -1.74. The molecule has 1 N–H and O–H groups in total. The number of carbonyl (C=O) groups is 3. The van der Waals surface area contributed by atoms with Gasteiger partial charge in [-0.1, -0.05) is 17.7 Å². The van der Waals surface area contributed by atoms with Crippen molar-refractivity contribution in [3.05, 3.63) is 34.4 Å². The summed E-state index contributed by atoms with van der Waals surface area (Å²) in [4.78, 5) is 36.5. The minimum absolute atomic E-state index is 0.142. The normalized spacial score (nSPS) is 22.3. The van der Waals surface area contributed by atoms with Crippen LogP contribution in [-0.4, -0.2) is 24.5 Å². The number of rotatable bonds is 2. The van der Waals surface area contributed by atoms with E-state index < -0.39 is 11.8 Å². The van der Waals surface area contributed by atoms with Crippen molar-refractivity contribution >= 4 is 17.5 Å². The van der Waals surface area contributed by atoms with E-state index in [9.17, 15) is 14.4 Å². The third kappa shape index (κ3) is 2.89. The Morgan fingerprint density at radius 1 is 1.05 bits per heavy atom. The molecule has 0 bridgehead atoms. The van der Waals surface area contributed by atoms with Crippen LogP contribution in [0.25, 0.3) is 0 Å². The monoisotopic (exact) mass is 287 g/mol. The first kappa shape index (κ1) is 15.4. The molecular formula is C17H21NO3. The van der Waals surface area contributed by atoms with Gasteiger partial charge < -0.3 is 5.32 Å². The van der Waals surface area contributed by atoms with Crippen molar-refractivity contribution in [3.8, 4) is 0 Å². The van der Waals surface area contributed by atoms with E-state index in [0.29, 0.717) is 0 Å². The second-order valence-corrected chi connectivity index (χ2v) is 5.90. The van der Waals surface area contributed by atoms with Gasteiger partial charge in [-0.2, -0.15) is 0 Å². The van der Waals surface area contributed by atoms with Crippen LogP contribution in [0.3, 0.4) is 0 Å². The van der Waals surface area contributed by atoms with Crippen molar-refractivity contribution in [1.82, 2.24) is 5.32 Å². The molecule has 21 heavy (non-hydrogen) atoms. The molecule has 112 valence electrons. The fourth-order valence-electron chi connectivity index (χ4n) is 3.33. The average molecular weight is 287 g/mol. The molecule has 4 heteroatoms. The van der Waals surface area contributed by atoms with Crippen LogP contribution in [0, 0.1) is 26.7 Å². The van der Waals surface area contributed by atoms with E-state index in [1.54, 1.807) is 0 Å². The molecule has 0 aliphatic heterocycles. The van der Waals surface area contributed by atoms with Crippen molar-refractivity contribution < 1.29 is 14.4 Å². The lowest BCUT2D eigenvalue weighted by Crippen LogP contribution is -2.39. The van der Waals surface area contributed by atoms with Crippen LogP contribution in [-0.2, 0) is 14.4 Å². The number of hydrogen-bond acceptors (Lipinski definition) is 3. The zero-order chi connectivity index (χ0) is 15.7. The molecule has 1 aromatic carbocycles. The van der Waals surface area contributed by atoms with Crippen LogP contribution in [0.15, 0.2) is 12.1 Å². The van der Waals surface area contributed by atoms with Crippen molar-refractivity contribution in [2.45, 2.75) is 39.5 Å². The zero-order valence-corrected chi connectivity index (χ0v) is 12.9. The topological polar surface area (TPSA) is 63.2 Å². The Hall–Kier alpha value is -1.97. The Kier molecular flexibility index (Phi) is 4.26. The number of carbonyl (C=O) groups excluding carboxylic acids is 3. The van der Waals surface area contributed by atoms with E-state index in [1.807, 2.05) is 32.9 Å². The third-order valence-corrected chi connectivity index (χ3v) is 4.18. The standard InChI is InChI=1S/C17H21NO3/c1-9-5-10(2)15(11(3)6-9)16-13(19)7-12(8-14(16)20)17(21)18-4/h5-6,12,16H,7-8H2,1-4H3,(H,18,21). The lowest BCUT2D eigenvalue weighted by Gasteiger charge is -2.27. The number of ketones is 2. The van der Waals surface area contributed by atoms with Gasteiger partial charge in [-0.15, -0.1) is 0 Å². The first-order valence-electron chi connectivity index (χ1n) is 7.20. The fourth-order valence-corrected chi connectivity index (χ4v) is 3.33. The largest absolute Gasteiger partial charge is 0.359 e. The molecule has 1 aromatic rings. The van der Waals surface area contributed by atoms with Gasteiger partial charge in [0.25, 0.3) is 0 Å². The molecule has 1 aliphatic rings. The minimum atomic E-state index is -0.702. The molecular weight excluding hydrogens is 266 g/mol. The molecule has 0 atom stereocenters. The highest BCUT2D eigenvalue weighted by Gasteiger charge is 2.40. The molecule has 0 saturated heterocycles. The van der Waals surface area contributed by atoms with E-state index >= 15 is 0 Å². The maximum Gasteiger partial charge on any atom is 0.223 e. The number of hydrogen-bond donors (Lipinski definition) is 1. The molecule has 0 spiro atoms. The van der Waals surface area contributed by atoms with E-state index in [0.717, 1.165) is 22.3 Å². The highest BCUT2D eigenvalue weighted by molar-refractivity contribution is 6.12. The maximum atomic E-state index is 12.4. The summed E-state index contributed by atoms with van der Waals surface area (Å²) >= 11 is 0. The molecule has 2 rings (SSSR count). The zero-order valence-electron chi connectivity index (χ0n) is 12.9. The van der Waals surface area contributed by atoms with Crippen molar-refractivity contribution in [1.29, 1.82) is 0 Å². The summed E-state index contributed by atoms with van der Waals surface area (Å²) in [7, 11) is 1.53. The molecule has 0 aromatic heterocycles. The molecule has 0 unspecified atom stereocenters. The summed E-state index contributed by atoms with van der Waals surface area (Å²) < 4.78 is 0. The number of Topliss-reactive ketones (excluding diaryl/α,β-unsaturated/α-hetero) is 2. The predicted octanol–water partition coefficient (Wildman–Crippen LogP) is 1.99. The lowest BCUT2D eigenvalue weighted by molar-refractivity contribution is -0.139. The molecule has 4 nitrogen and oxygen atoms in total. The molecule has 1 fully saturated rings. The van der Waals surface area contributed by atoms with Gasteiger partial charge in [-0.05, 0) is 37.5 Å². The van der Waals surface area contributed by atoms with Gasteiger partial charge in [0.15, 0.2) is 0 Å². The quantitative estimate of drug-likeness (QED) is 0.846. The highest BCUT2D eigenvalue weighted by Crippen LogP contribution is 2.34. The van der Waals surface area contributed by atoms with Crippen LogP contribution in [0.4, 0.5) is 0 Å². The van der Waals surface area contributed by atoms with E-state index in [4.69, 9.17) is 0 Å².